The van der Waals surface area contributed by atoms with Crippen LogP contribution >= 0.6 is 0 Å². The maximum absolute atomic E-state index is 13.2. The van der Waals surface area contributed by atoms with Gasteiger partial charge in [-0.2, -0.15) is 0 Å². The van der Waals surface area contributed by atoms with E-state index in [1.807, 2.05) is 30.5 Å². The number of H-pyrrole nitrogens is 1. The minimum atomic E-state index is -0.837. The van der Waals surface area contributed by atoms with Gasteiger partial charge in [0.05, 0.1) is 6.04 Å². The molecule has 0 spiro atoms. The second-order valence-corrected chi connectivity index (χ2v) is 7.47. The van der Waals surface area contributed by atoms with E-state index in [2.05, 4.69) is 4.98 Å². The summed E-state index contributed by atoms with van der Waals surface area (Å²) in [5.74, 6) is -0.916. The Bertz CT molecular complexity index is 1350. The van der Waals surface area contributed by atoms with Crippen molar-refractivity contribution in [3.05, 3.63) is 106 Å². The van der Waals surface area contributed by atoms with E-state index in [1.54, 1.807) is 42.5 Å². The van der Waals surface area contributed by atoms with Gasteiger partial charge in [0.1, 0.15) is 0 Å². The molecule has 0 aliphatic heterocycles. The van der Waals surface area contributed by atoms with Crippen LogP contribution in [-0.2, 0) is 6.42 Å². The molecule has 0 saturated heterocycles. The highest BCUT2D eigenvalue weighted by Gasteiger charge is 2.33. The Morgan fingerprint density at radius 1 is 0.833 bits per heavy atom. The van der Waals surface area contributed by atoms with Crippen LogP contribution in [0.15, 0.2) is 72.9 Å². The zero-order valence-electron chi connectivity index (χ0n) is 16.0. The van der Waals surface area contributed by atoms with Crippen LogP contribution in [0.2, 0.25) is 0 Å². The monoisotopic (exact) mass is 394 g/mol. The molecule has 30 heavy (non-hydrogen) atoms. The van der Waals surface area contributed by atoms with Gasteiger partial charge in [-0.1, -0.05) is 60.7 Å². The van der Waals surface area contributed by atoms with Gasteiger partial charge in [0, 0.05) is 44.9 Å². The van der Waals surface area contributed by atoms with Crippen molar-refractivity contribution in [3.8, 4) is 0 Å². The van der Waals surface area contributed by atoms with Crippen molar-refractivity contribution in [2.45, 2.75) is 12.5 Å². The largest absolute Gasteiger partial charge is 0.361 e. The predicted octanol–water partition coefficient (Wildman–Crippen LogP) is 3.70. The molecular formula is C25H18N2O3. The Kier molecular flexibility index (Phi) is 4.19. The van der Waals surface area contributed by atoms with Crippen LogP contribution in [0.3, 0.4) is 0 Å². The lowest BCUT2D eigenvalue weighted by molar-refractivity contribution is 0.0943. The highest BCUT2D eigenvalue weighted by Crippen LogP contribution is 2.30. The summed E-state index contributed by atoms with van der Waals surface area (Å²) >= 11 is 0. The lowest BCUT2D eigenvalue weighted by atomic mass is 9.80. The van der Waals surface area contributed by atoms with Crippen molar-refractivity contribution in [3.63, 3.8) is 0 Å². The fraction of sp³-hybridized carbons (Fsp3) is 0.0800. The van der Waals surface area contributed by atoms with Crippen LogP contribution in [0, 0.1) is 0 Å². The minimum Gasteiger partial charge on any atom is -0.361 e. The third-order valence-electron chi connectivity index (χ3n) is 5.67. The molecule has 3 aromatic carbocycles. The quantitative estimate of drug-likeness (QED) is 0.455. The lowest BCUT2D eigenvalue weighted by Crippen LogP contribution is -2.35. The van der Waals surface area contributed by atoms with Crippen LogP contribution in [-0.4, -0.2) is 28.4 Å². The highest BCUT2D eigenvalue weighted by atomic mass is 16.1. The van der Waals surface area contributed by atoms with Crippen molar-refractivity contribution >= 4 is 28.3 Å². The van der Waals surface area contributed by atoms with Gasteiger partial charge >= 0.3 is 0 Å². The summed E-state index contributed by atoms with van der Waals surface area (Å²) in [5.41, 5.74) is 9.48. The molecule has 0 saturated carbocycles. The predicted molar refractivity (Wildman–Crippen MR) is 114 cm³/mol. The molecule has 146 valence electrons. The van der Waals surface area contributed by atoms with Gasteiger partial charge < -0.3 is 10.7 Å². The Labute approximate surface area is 172 Å². The number of hydrogen-bond donors (Lipinski definition) is 2. The van der Waals surface area contributed by atoms with E-state index in [9.17, 15) is 14.4 Å². The smallest absolute Gasteiger partial charge is 0.195 e. The first-order chi connectivity index (χ1) is 14.6. The third kappa shape index (κ3) is 2.71. The number of nitrogens with one attached hydrogen (secondary N) is 1. The van der Waals surface area contributed by atoms with E-state index < -0.39 is 6.04 Å². The molecule has 1 aliphatic carbocycles. The molecule has 5 nitrogen and oxygen atoms in total. The number of Topliss-reactive ketones (excluding diaryl/α,β-unsaturated/α-hetero) is 1. The molecule has 1 atom stereocenters. The number of nitrogens with two attached hydrogens (primary N) is 1. The Morgan fingerprint density at radius 3 is 2.30 bits per heavy atom. The van der Waals surface area contributed by atoms with Gasteiger partial charge in [0.15, 0.2) is 17.3 Å². The standard InChI is InChI=1S/C25H18N2O3/c26-20(12-14-13-27-21-11-4-3-6-15(14)21)24(29)19-10-5-9-18-22(19)25(30)17-8-2-1-7-16(17)23(18)28/h1-11,13,20,27H,12,26H2/t20-/m0/s1. The zero-order chi connectivity index (χ0) is 20.8. The van der Waals surface area contributed by atoms with Crippen molar-refractivity contribution in [2.75, 3.05) is 0 Å². The highest BCUT2D eigenvalue weighted by molar-refractivity contribution is 6.31. The summed E-state index contributed by atoms with van der Waals surface area (Å²) in [5, 5.41) is 1.01. The fourth-order valence-electron chi connectivity index (χ4n) is 4.18. The Hall–Kier alpha value is -3.83. The summed E-state index contributed by atoms with van der Waals surface area (Å²) < 4.78 is 0. The number of fused-ring (bicyclic) bond motifs is 3. The first-order valence-electron chi connectivity index (χ1n) is 9.72. The summed E-state index contributed by atoms with van der Waals surface area (Å²) in [6.07, 6.45) is 2.18. The van der Waals surface area contributed by atoms with Gasteiger partial charge in [-0.05, 0) is 18.1 Å². The number of para-hydroxylation sites is 1. The fourth-order valence-corrected chi connectivity index (χ4v) is 4.18. The second-order valence-electron chi connectivity index (χ2n) is 7.47. The maximum atomic E-state index is 13.2. The summed E-state index contributed by atoms with van der Waals surface area (Å²) in [6, 6.07) is 18.4. The zero-order valence-corrected chi connectivity index (χ0v) is 16.0. The number of hydrogen-bond acceptors (Lipinski definition) is 4. The number of carbonyl (C=O) groups is 3. The molecule has 4 aromatic rings. The van der Waals surface area contributed by atoms with Gasteiger partial charge in [-0.15, -0.1) is 0 Å². The molecule has 0 fully saturated rings. The van der Waals surface area contributed by atoms with Crippen LogP contribution in [0.1, 0.15) is 47.8 Å². The second kappa shape index (κ2) is 6.90. The number of carbonyl (C=O) groups excluding carboxylic acids is 3. The molecular weight excluding hydrogens is 376 g/mol. The van der Waals surface area contributed by atoms with Gasteiger partial charge in [0.25, 0.3) is 0 Å². The van der Waals surface area contributed by atoms with E-state index in [4.69, 9.17) is 5.73 Å². The maximum Gasteiger partial charge on any atom is 0.195 e. The average Bonchev–Trinajstić information content (AvgIpc) is 3.19. The molecule has 0 amide bonds. The van der Waals surface area contributed by atoms with E-state index in [0.29, 0.717) is 17.5 Å². The van der Waals surface area contributed by atoms with Crippen LogP contribution < -0.4 is 5.73 Å². The van der Waals surface area contributed by atoms with Gasteiger partial charge in [-0.3, -0.25) is 14.4 Å². The molecule has 0 radical (unpaired) electrons. The molecule has 0 bridgehead atoms. The van der Waals surface area contributed by atoms with E-state index in [-0.39, 0.29) is 34.0 Å². The number of aromatic amines is 1. The third-order valence-corrected chi connectivity index (χ3v) is 5.67. The molecule has 1 aromatic heterocycles. The summed E-state index contributed by atoms with van der Waals surface area (Å²) in [4.78, 5) is 42.5. The molecule has 1 aliphatic rings. The number of benzene rings is 3. The molecule has 0 unspecified atom stereocenters. The number of aromatic nitrogens is 1. The van der Waals surface area contributed by atoms with Gasteiger partial charge in [0.2, 0.25) is 0 Å². The summed E-state index contributed by atoms with van der Waals surface area (Å²) in [6.45, 7) is 0. The summed E-state index contributed by atoms with van der Waals surface area (Å²) in [7, 11) is 0. The van der Waals surface area contributed by atoms with Crippen molar-refractivity contribution in [1.29, 1.82) is 0 Å². The SMILES string of the molecule is N[C@@H](Cc1c[nH]c2ccccc12)C(=O)c1cccc2c1C(=O)c1ccccc1C2=O. The van der Waals surface area contributed by atoms with Crippen LogP contribution in [0.4, 0.5) is 0 Å². The Balaban J connectivity index is 1.53. The molecule has 1 heterocycles. The van der Waals surface area contributed by atoms with E-state index >= 15 is 0 Å². The number of rotatable bonds is 4. The van der Waals surface area contributed by atoms with Crippen LogP contribution in [0.5, 0.6) is 0 Å². The molecule has 5 rings (SSSR count). The average molecular weight is 394 g/mol. The first-order valence-corrected chi connectivity index (χ1v) is 9.72. The Morgan fingerprint density at radius 2 is 1.50 bits per heavy atom. The van der Waals surface area contributed by atoms with Crippen molar-refractivity contribution < 1.29 is 14.4 Å². The van der Waals surface area contributed by atoms with E-state index in [1.165, 1.54) is 0 Å². The van der Waals surface area contributed by atoms with Crippen molar-refractivity contribution in [1.82, 2.24) is 4.98 Å². The van der Waals surface area contributed by atoms with Gasteiger partial charge in [-0.25, -0.2) is 0 Å². The molecule has 5 heteroatoms. The number of ketones is 3. The topological polar surface area (TPSA) is 93.0 Å². The minimum absolute atomic E-state index is 0.153. The first kappa shape index (κ1) is 18.2. The van der Waals surface area contributed by atoms with E-state index in [0.717, 1.165) is 16.5 Å². The van der Waals surface area contributed by atoms with Crippen molar-refractivity contribution in [2.24, 2.45) is 5.73 Å². The van der Waals surface area contributed by atoms with Crippen LogP contribution in [0.25, 0.3) is 10.9 Å². The lowest BCUT2D eigenvalue weighted by Gasteiger charge is -2.21. The normalized spacial score (nSPS) is 13.8. The molecule has 3 N–H and O–H groups in total.